The zero-order chi connectivity index (χ0) is 15.0. The van der Waals surface area contributed by atoms with E-state index in [9.17, 15) is 9.18 Å². The van der Waals surface area contributed by atoms with Gasteiger partial charge >= 0.3 is 0 Å². The molecular weight excluding hydrogens is 295 g/mol. The van der Waals surface area contributed by atoms with Crippen LogP contribution in [-0.4, -0.2) is 29.4 Å². The molecule has 0 bridgehead atoms. The molecular formula is C15H14ClFN2O2. The topological polar surface area (TPSA) is 42.4 Å². The van der Waals surface area contributed by atoms with E-state index in [1.54, 1.807) is 17.0 Å². The van der Waals surface area contributed by atoms with Gasteiger partial charge in [-0.15, -0.1) is 0 Å². The molecule has 0 N–H and O–H groups in total. The summed E-state index contributed by atoms with van der Waals surface area (Å²) in [6, 6.07) is 3.08. The maximum absolute atomic E-state index is 13.3. The lowest BCUT2D eigenvalue weighted by atomic mass is 10.0. The summed E-state index contributed by atoms with van der Waals surface area (Å²) in [4.78, 5) is 18.3. The molecule has 1 amide bonds. The van der Waals surface area contributed by atoms with Crippen LogP contribution in [0.15, 0.2) is 35.3 Å². The molecule has 0 aromatic carbocycles. The van der Waals surface area contributed by atoms with E-state index in [2.05, 4.69) is 4.98 Å². The molecule has 2 aliphatic rings. The molecule has 1 aliphatic heterocycles. The minimum Gasteiger partial charge on any atom is -0.481 e. The molecule has 1 aliphatic carbocycles. The number of pyridine rings is 1. The van der Waals surface area contributed by atoms with Crippen LogP contribution in [0.2, 0.25) is 5.15 Å². The molecule has 0 spiro atoms. The molecule has 1 aromatic rings. The van der Waals surface area contributed by atoms with Crippen LogP contribution < -0.4 is 4.74 Å². The normalized spacial score (nSPS) is 17.7. The van der Waals surface area contributed by atoms with Gasteiger partial charge in [-0.1, -0.05) is 11.6 Å². The lowest BCUT2D eigenvalue weighted by Gasteiger charge is -2.22. The van der Waals surface area contributed by atoms with Gasteiger partial charge in [0.25, 0.3) is 5.91 Å². The van der Waals surface area contributed by atoms with E-state index in [0.29, 0.717) is 37.3 Å². The average Bonchev–Trinajstić information content (AvgIpc) is 2.88. The second kappa shape index (κ2) is 5.48. The second-order valence-corrected chi connectivity index (χ2v) is 5.38. The second-order valence-electron chi connectivity index (χ2n) is 4.99. The highest BCUT2D eigenvalue weighted by Gasteiger charge is 2.30. The van der Waals surface area contributed by atoms with Gasteiger partial charge in [-0.05, 0) is 30.6 Å². The van der Waals surface area contributed by atoms with Crippen LogP contribution in [0.5, 0.6) is 5.88 Å². The van der Waals surface area contributed by atoms with E-state index in [-0.39, 0.29) is 16.9 Å². The van der Waals surface area contributed by atoms with Crippen molar-refractivity contribution < 1.29 is 13.9 Å². The number of methoxy groups -OCH3 is 1. The van der Waals surface area contributed by atoms with Gasteiger partial charge in [0.2, 0.25) is 5.88 Å². The summed E-state index contributed by atoms with van der Waals surface area (Å²) in [5.41, 5.74) is 2.25. The Bertz CT molecular complexity index is 670. The van der Waals surface area contributed by atoms with E-state index < -0.39 is 0 Å². The smallest absolute Gasteiger partial charge is 0.258 e. The largest absolute Gasteiger partial charge is 0.481 e. The van der Waals surface area contributed by atoms with E-state index in [1.807, 2.05) is 0 Å². The van der Waals surface area contributed by atoms with Crippen molar-refractivity contribution in [3.63, 3.8) is 0 Å². The molecule has 21 heavy (non-hydrogen) atoms. The zero-order valence-corrected chi connectivity index (χ0v) is 12.3. The predicted octanol–water partition coefficient (Wildman–Crippen LogP) is 3.49. The Balaban J connectivity index is 1.91. The van der Waals surface area contributed by atoms with E-state index in [0.717, 1.165) is 11.3 Å². The molecule has 0 atom stereocenters. The number of nitrogens with zero attached hydrogens (tertiary/aromatic N) is 2. The van der Waals surface area contributed by atoms with Crippen LogP contribution in [0.3, 0.4) is 0 Å². The third kappa shape index (κ3) is 2.65. The molecule has 3 rings (SSSR count). The Morgan fingerprint density at radius 2 is 2.19 bits per heavy atom. The van der Waals surface area contributed by atoms with Crippen LogP contribution in [0, 0.1) is 0 Å². The van der Waals surface area contributed by atoms with E-state index in [1.165, 1.54) is 13.2 Å². The summed E-state index contributed by atoms with van der Waals surface area (Å²) in [7, 11) is 1.47. The van der Waals surface area contributed by atoms with E-state index in [4.69, 9.17) is 16.3 Å². The predicted molar refractivity (Wildman–Crippen MR) is 76.9 cm³/mol. The van der Waals surface area contributed by atoms with Crippen LogP contribution in [0.1, 0.15) is 29.6 Å². The number of rotatable bonds is 2. The lowest BCUT2D eigenvalue weighted by Crippen LogP contribution is -2.28. The van der Waals surface area contributed by atoms with Gasteiger partial charge in [0.15, 0.2) is 0 Å². The molecule has 6 heteroatoms. The number of ether oxygens (including phenoxy) is 1. The van der Waals surface area contributed by atoms with Crippen LogP contribution in [-0.2, 0) is 0 Å². The first kappa shape index (κ1) is 14.1. The standard InChI is InChI=1S/C15H14ClFN2O2/c1-21-14-8-10(7-13(16)18-14)15(20)19-5-4-9-6-11(17)2-3-12(9)19/h6-8H,2-5H2,1H3. The lowest BCUT2D eigenvalue weighted by molar-refractivity contribution is 0.0813. The van der Waals surface area contributed by atoms with Gasteiger partial charge in [0.1, 0.15) is 11.0 Å². The molecule has 110 valence electrons. The molecule has 0 radical (unpaired) electrons. The highest BCUT2D eigenvalue weighted by molar-refractivity contribution is 6.29. The number of carbonyl (C=O) groups is 1. The van der Waals surface area contributed by atoms with Crippen molar-refractivity contribution in [2.75, 3.05) is 13.7 Å². The van der Waals surface area contributed by atoms with Crippen LogP contribution in [0.25, 0.3) is 0 Å². The molecule has 0 fully saturated rings. The number of aromatic nitrogens is 1. The van der Waals surface area contributed by atoms with Gasteiger partial charge < -0.3 is 9.64 Å². The first-order chi connectivity index (χ1) is 10.1. The summed E-state index contributed by atoms with van der Waals surface area (Å²) in [5.74, 6) is 0.0313. The van der Waals surface area contributed by atoms with Gasteiger partial charge in [0, 0.05) is 30.3 Å². The number of carbonyl (C=O) groups excluding carboxylic acids is 1. The van der Waals surface area contributed by atoms with Crippen molar-refractivity contribution in [3.05, 3.63) is 46.0 Å². The third-order valence-electron chi connectivity index (χ3n) is 3.70. The number of allylic oxidation sites excluding steroid dienone is 3. The highest BCUT2D eigenvalue weighted by Crippen LogP contribution is 2.35. The number of halogens is 2. The van der Waals surface area contributed by atoms with Crippen molar-refractivity contribution in [2.24, 2.45) is 0 Å². The fourth-order valence-corrected chi connectivity index (χ4v) is 2.92. The fourth-order valence-electron chi connectivity index (χ4n) is 2.72. The number of hydrogen-bond acceptors (Lipinski definition) is 3. The maximum Gasteiger partial charge on any atom is 0.258 e. The quantitative estimate of drug-likeness (QED) is 0.785. The molecule has 1 aromatic heterocycles. The molecule has 4 nitrogen and oxygen atoms in total. The minimum atomic E-state index is -0.154. The first-order valence-electron chi connectivity index (χ1n) is 6.70. The zero-order valence-electron chi connectivity index (χ0n) is 11.5. The van der Waals surface area contributed by atoms with Crippen molar-refractivity contribution in [3.8, 4) is 5.88 Å². The molecule has 0 saturated carbocycles. The summed E-state index contributed by atoms with van der Waals surface area (Å²) < 4.78 is 18.3. The SMILES string of the molecule is COc1cc(C(=O)N2CCC3=C2CCC(F)=C3)cc(Cl)n1. The summed E-state index contributed by atoms with van der Waals surface area (Å²) >= 11 is 5.90. The Labute approximate surface area is 126 Å². The van der Waals surface area contributed by atoms with Crippen molar-refractivity contribution >= 4 is 17.5 Å². The Kier molecular flexibility index (Phi) is 3.68. The average molecular weight is 309 g/mol. The highest BCUT2D eigenvalue weighted by atomic mass is 35.5. The third-order valence-corrected chi connectivity index (χ3v) is 3.90. The molecule has 0 saturated heterocycles. The summed E-state index contributed by atoms with van der Waals surface area (Å²) in [6.07, 6.45) is 3.14. The fraction of sp³-hybridized carbons (Fsp3) is 0.333. The number of amides is 1. The van der Waals surface area contributed by atoms with Crippen LogP contribution in [0.4, 0.5) is 4.39 Å². The minimum absolute atomic E-state index is 0.114. The van der Waals surface area contributed by atoms with Gasteiger partial charge in [0.05, 0.1) is 7.11 Å². The van der Waals surface area contributed by atoms with Crippen molar-refractivity contribution in [1.29, 1.82) is 0 Å². The van der Waals surface area contributed by atoms with Gasteiger partial charge in [-0.3, -0.25) is 4.79 Å². The Morgan fingerprint density at radius 3 is 2.95 bits per heavy atom. The summed E-state index contributed by atoms with van der Waals surface area (Å²) in [6.45, 7) is 0.565. The number of hydrogen-bond donors (Lipinski definition) is 0. The Morgan fingerprint density at radius 1 is 1.38 bits per heavy atom. The molecule has 0 unspecified atom stereocenters. The Hall–Kier alpha value is -1.88. The van der Waals surface area contributed by atoms with Crippen LogP contribution >= 0.6 is 11.6 Å². The van der Waals surface area contributed by atoms with E-state index >= 15 is 0 Å². The summed E-state index contributed by atoms with van der Waals surface area (Å²) in [5, 5.41) is 0.209. The van der Waals surface area contributed by atoms with Crippen molar-refractivity contribution in [1.82, 2.24) is 9.88 Å². The molecule has 2 heterocycles. The maximum atomic E-state index is 13.3. The van der Waals surface area contributed by atoms with Gasteiger partial charge in [-0.25, -0.2) is 9.37 Å². The van der Waals surface area contributed by atoms with Gasteiger partial charge in [-0.2, -0.15) is 0 Å². The monoisotopic (exact) mass is 308 g/mol. The first-order valence-corrected chi connectivity index (χ1v) is 7.08. The van der Waals surface area contributed by atoms with Crippen molar-refractivity contribution in [2.45, 2.75) is 19.3 Å².